The SMILES string of the molecule is COc1cc(/C=C/C(=O)OC[C@H]2O[C@@H](Oc3c(O)cc(O)c4c(=O)cc(-c5ccc(O)c(O)c5)oc34)[C@H](O[C@@H]3OC[C@@H](O)[C@H](O)[C@H]3O)[C@@H](O)[C@@H]2O)ccc1O. The van der Waals surface area contributed by atoms with Crippen molar-refractivity contribution in [3.8, 4) is 51.6 Å². The van der Waals surface area contributed by atoms with Gasteiger partial charge in [-0.25, -0.2) is 4.79 Å². The second-order valence-corrected chi connectivity index (χ2v) is 12.5. The lowest BCUT2D eigenvalue weighted by atomic mass is 9.98. The molecule has 294 valence electrons. The fourth-order valence-corrected chi connectivity index (χ4v) is 5.84. The Labute approximate surface area is 309 Å². The van der Waals surface area contributed by atoms with Crippen molar-refractivity contribution in [2.24, 2.45) is 0 Å². The van der Waals surface area contributed by atoms with Crippen LogP contribution in [0.3, 0.4) is 0 Å². The average Bonchev–Trinajstić information content (AvgIpc) is 3.15. The van der Waals surface area contributed by atoms with E-state index >= 15 is 0 Å². The molecule has 2 aliphatic heterocycles. The number of aliphatic hydroxyl groups excluding tert-OH is 5. The number of carbonyl (C=O) groups is 1. The lowest BCUT2D eigenvalue weighted by molar-refractivity contribution is -0.345. The molecule has 55 heavy (non-hydrogen) atoms. The molecular formula is C36H36O19. The Kier molecular flexibility index (Phi) is 11.4. The monoisotopic (exact) mass is 772 g/mol. The molecule has 2 fully saturated rings. The Morgan fingerprint density at radius 1 is 0.818 bits per heavy atom. The summed E-state index contributed by atoms with van der Waals surface area (Å²) < 4.78 is 38.9. The zero-order valence-electron chi connectivity index (χ0n) is 28.5. The summed E-state index contributed by atoms with van der Waals surface area (Å²) in [5.41, 5.74) is -0.913. The van der Waals surface area contributed by atoms with E-state index in [9.17, 15) is 60.7 Å². The van der Waals surface area contributed by atoms with Gasteiger partial charge in [0.05, 0.1) is 13.7 Å². The van der Waals surface area contributed by atoms with E-state index in [1.165, 1.54) is 37.5 Å². The van der Waals surface area contributed by atoms with Crippen LogP contribution in [0.2, 0.25) is 0 Å². The van der Waals surface area contributed by atoms with Crippen LogP contribution in [-0.2, 0) is 23.7 Å². The summed E-state index contributed by atoms with van der Waals surface area (Å²) in [6.07, 6.45) is -13.8. The first-order chi connectivity index (χ1) is 26.2. The molecule has 2 aliphatic rings. The molecule has 10 N–H and O–H groups in total. The third-order valence-electron chi connectivity index (χ3n) is 8.81. The second-order valence-electron chi connectivity index (χ2n) is 12.5. The summed E-state index contributed by atoms with van der Waals surface area (Å²) in [6.45, 7) is -1.24. The molecule has 19 heteroatoms. The Balaban J connectivity index is 1.32. The minimum Gasteiger partial charge on any atom is -0.507 e. The number of hydrogen-bond donors (Lipinski definition) is 10. The number of esters is 1. The number of aromatic hydroxyl groups is 5. The quantitative estimate of drug-likeness (QED) is 0.0572. The molecule has 9 atom stereocenters. The van der Waals surface area contributed by atoms with Crippen molar-refractivity contribution in [3.63, 3.8) is 0 Å². The molecule has 0 unspecified atom stereocenters. The molecule has 0 spiro atoms. The fourth-order valence-electron chi connectivity index (χ4n) is 5.84. The van der Waals surface area contributed by atoms with Crippen molar-refractivity contribution >= 4 is 23.0 Å². The first-order valence-corrected chi connectivity index (χ1v) is 16.4. The molecule has 0 aliphatic carbocycles. The third-order valence-corrected chi connectivity index (χ3v) is 8.81. The average molecular weight is 773 g/mol. The van der Waals surface area contributed by atoms with Gasteiger partial charge in [0.25, 0.3) is 0 Å². The van der Waals surface area contributed by atoms with E-state index in [-0.39, 0.29) is 22.8 Å². The van der Waals surface area contributed by atoms with Crippen LogP contribution >= 0.6 is 0 Å². The van der Waals surface area contributed by atoms with E-state index in [1.54, 1.807) is 0 Å². The van der Waals surface area contributed by atoms with Crippen molar-refractivity contribution in [1.82, 2.24) is 0 Å². The minimum atomic E-state index is -2.00. The highest BCUT2D eigenvalue weighted by molar-refractivity contribution is 5.91. The summed E-state index contributed by atoms with van der Waals surface area (Å²) in [5.74, 6) is -4.45. The Morgan fingerprint density at radius 3 is 2.29 bits per heavy atom. The number of rotatable bonds is 10. The molecule has 19 nitrogen and oxygen atoms in total. The topological polar surface area (TPSA) is 305 Å². The van der Waals surface area contributed by atoms with Crippen molar-refractivity contribution in [3.05, 3.63) is 70.4 Å². The van der Waals surface area contributed by atoms with Gasteiger partial charge < -0.3 is 83.9 Å². The highest BCUT2D eigenvalue weighted by Gasteiger charge is 2.50. The van der Waals surface area contributed by atoms with E-state index in [1.807, 2.05) is 0 Å². The largest absolute Gasteiger partial charge is 0.507 e. The first-order valence-electron chi connectivity index (χ1n) is 16.4. The Bertz CT molecular complexity index is 2130. The van der Waals surface area contributed by atoms with Gasteiger partial charge in [-0.3, -0.25) is 4.79 Å². The highest BCUT2D eigenvalue weighted by atomic mass is 16.8. The van der Waals surface area contributed by atoms with Crippen LogP contribution in [0.15, 0.2) is 63.8 Å². The van der Waals surface area contributed by atoms with Crippen molar-refractivity contribution in [1.29, 1.82) is 0 Å². The van der Waals surface area contributed by atoms with Crippen molar-refractivity contribution in [2.45, 2.75) is 55.3 Å². The van der Waals surface area contributed by atoms with Crippen LogP contribution in [-0.4, -0.2) is 133 Å². The maximum Gasteiger partial charge on any atom is 0.330 e. The molecule has 6 rings (SSSR count). The molecule has 0 amide bonds. The summed E-state index contributed by atoms with van der Waals surface area (Å²) >= 11 is 0. The maximum atomic E-state index is 13.3. The highest BCUT2D eigenvalue weighted by Crippen LogP contribution is 2.43. The van der Waals surface area contributed by atoms with Crippen LogP contribution < -0.4 is 14.9 Å². The van der Waals surface area contributed by atoms with Gasteiger partial charge in [-0.15, -0.1) is 0 Å². The maximum absolute atomic E-state index is 13.3. The van der Waals surface area contributed by atoms with Crippen molar-refractivity contribution in [2.75, 3.05) is 20.3 Å². The fraction of sp³-hybridized carbons (Fsp3) is 0.333. The summed E-state index contributed by atoms with van der Waals surface area (Å²) in [4.78, 5) is 25.9. The number of phenolic OH excluding ortho intramolecular Hbond substituents is 5. The van der Waals surface area contributed by atoms with Crippen LogP contribution in [0, 0.1) is 0 Å². The summed E-state index contributed by atoms with van der Waals surface area (Å²) in [7, 11) is 1.34. The Hall–Kier alpha value is -5.64. The lowest BCUT2D eigenvalue weighted by Gasteiger charge is -2.44. The van der Waals surface area contributed by atoms with E-state index in [2.05, 4.69) is 0 Å². The van der Waals surface area contributed by atoms with Gasteiger partial charge in [-0.2, -0.15) is 0 Å². The molecule has 4 aromatic rings. The lowest BCUT2D eigenvalue weighted by Crippen LogP contribution is -2.64. The molecule has 1 aromatic heterocycles. The molecular weight excluding hydrogens is 736 g/mol. The van der Waals surface area contributed by atoms with Crippen LogP contribution in [0.4, 0.5) is 0 Å². The zero-order chi connectivity index (χ0) is 39.7. The van der Waals surface area contributed by atoms with E-state index in [0.717, 1.165) is 30.3 Å². The Morgan fingerprint density at radius 2 is 1.56 bits per heavy atom. The first kappa shape index (κ1) is 39.1. The van der Waals surface area contributed by atoms with Gasteiger partial charge in [-0.05, 0) is 42.0 Å². The van der Waals surface area contributed by atoms with Gasteiger partial charge in [0.1, 0.15) is 60.1 Å². The summed E-state index contributed by atoms with van der Waals surface area (Å²) in [6, 6.07) is 9.44. The second kappa shape index (κ2) is 16.0. The van der Waals surface area contributed by atoms with E-state index < -0.39 is 120 Å². The third kappa shape index (κ3) is 8.09. The zero-order valence-corrected chi connectivity index (χ0v) is 28.5. The molecule has 0 bridgehead atoms. The standard InChI is InChI=1S/C36H36O19/c1-49-24-8-14(2-5-17(24)38)3-7-26(44)50-13-25-29(46)30(47)34(55-35-31(48)28(45)22(43)12-51-35)36(53-25)54-32-21(42)10-19(40)27-20(41)11-23(52-33(27)32)15-4-6-16(37)18(39)9-15/h2-11,22,25,28-31,34-40,42-43,45-48H,12-13H2,1H3/b7-3+/t22-,25-,28+,29-,30+,31-,34-,35+,36+/m1/s1. The van der Waals surface area contributed by atoms with E-state index in [4.69, 9.17) is 32.8 Å². The molecule has 3 heterocycles. The number of hydrogen-bond acceptors (Lipinski definition) is 19. The summed E-state index contributed by atoms with van der Waals surface area (Å²) in [5, 5.41) is 104. The molecule has 0 radical (unpaired) electrons. The van der Waals surface area contributed by atoms with Crippen LogP contribution in [0.1, 0.15) is 5.56 Å². The number of fused-ring (bicyclic) bond motifs is 1. The minimum absolute atomic E-state index is 0.0708. The number of ether oxygens (including phenoxy) is 6. The smallest absolute Gasteiger partial charge is 0.330 e. The predicted octanol–water partition coefficient (Wildman–Crippen LogP) is -0.0971. The van der Waals surface area contributed by atoms with Crippen LogP contribution in [0.25, 0.3) is 28.4 Å². The van der Waals surface area contributed by atoms with E-state index in [0.29, 0.717) is 5.56 Å². The van der Waals surface area contributed by atoms with Crippen molar-refractivity contribution < 1.29 is 88.7 Å². The predicted molar refractivity (Wildman–Crippen MR) is 183 cm³/mol. The number of methoxy groups -OCH3 is 1. The number of benzene rings is 3. The van der Waals surface area contributed by atoms with Gasteiger partial charge in [-0.1, -0.05) is 6.07 Å². The van der Waals surface area contributed by atoms with Gasteiger partial charge in [0.15, 0.2) is 52.2 Å². The van der Waals surface area contributed by atoms with Gasteiger partial charge >= 0.3 is 5.97 Å². The van der Waals surface area contributed by atoms with Gasteiger partial charge in [0.2, 0.25) is 12.0 Å². The number of aliphatic hydroxyl groups is 5. The van der Waals surface area contributed by atoms with Crippen LogP contribution in [0.5, 0.6) is 40.2 Å². The normalized spacial score (nSPS) is 26.9. The molecule has 0 saturated carbocycles. The van der Waals surface area contributed by atoms with Gasteiger partial charge in [0, 0.05) is 23.8 Å². The number of carbonyl (C=O) groups excluding carboxylic acids is 1. The molecule has 2 saturated heterocycles. The molecule has 3 aromatic carbocycles. The number of phenols is 5.